The number of alkyl halides is 3. The van der Waals surface area contributed by atoms with E-state index in [1.165, 1.54) is 6.07 Å². The lowest BCUT2D eigenvalue weighted by Crippen LogP contribution is -2.19. The van der Waals surface area contributed by atoms with E-state index in [0.717, 1.165) is 0 Å². The molecule has 16 heavy (non-hydrogen) atoms. The number of phenols is 1. The van der Waals surface area contributed by atoms with Crippen LogP contribution >= 0.6 is 0 Å². The second-order valence-corrected chi connectivity index (χ2v) is 2.82. The molecule has 3 nitrogen and oxygen atoms in total. The van der Waals surface area contributed by atoms with Crippen LogP contribution in [0.3, 0.4) is 0 Å². The van der Waals surface area contributed by atoms with Crippen LogP contribution in [0, 0.1) is 17.1 Å². The minimum atomic E-state index is -4.58. The standard InChI is InChI=1S/C9H5F4NO2/c10-6-2-7(15)8(1-5(6)3-14)16-4-9(11,12)13/h1-2,15H,4H2. The molecule has 0 saturated heterocycles. The zero-order valence-electron chi connectivity index (χ0n) is 7.68. The fraction of sp³-hybridized carbons (Fsp3) is 0.222. The lowest BCUT2D eigenvalue weighted by Gasteiger charge is -2.10. The lowest BCUT2D eigenvalue weighted by molar-refractivity contribution is -0.153. The molecule has 1 aromatic carbocycles. The largest absolute Gasteiger partial charge is 0.504 e. The van der Waals surface area contributed by atoms with Crippen LogP contribution in [0.25, 0.3) is 0 Å². The highest BCUT2D eigenvalue weighted by Gasteiger charge is 2.29. The Kier molecular flexibility index (Phi) is 3.22. The number of hydrogen-bond donors (Lipinski definition) is 1. The normalized spacial score (nSPS) is 10.9. The summed E-state index contributed by atoms with van der Waals surface area (Å²) in [5.41, 5.74) is -0.505. The Morgan fingerprint density at radius 1 is 1.38 bits per heavy atom. The first-order valence-corrected chi connectivity index (χ1v) is 3.95. The van der Waals surface area contributed by atoms with Gasteiger partial charge >= 0.3 is 6.18 Å². The van der Waals surface area contributed by atoms with Crippen LogP contribution in [0.1, 0.15) is 5.56 Å². The molecule has 1 N–H and O–H groups in total. The van der Waals surface area contributed by atoms with Crippen molar-refractivity contribution in [1.82, 2.24) is 0 Å². The predicted molar refractivity (Wildman–Crippen MR) is 44.3 cm³/mol. The summed E-state index contributed by atoms with van der Waals surface area (Å²) in [5.74, 6) is -2.41. The monoisotopic (exact) mass is 235 g/mol. The number of nitriles is 1. The van der Waals surface area contributed by atoms with Gasteiger partial charge in [0, 0.05) is 12.1 Å². The Morgan fingerprint density at radius 2 is 2.00 bits per heavy atom. The summed E-state index contributed by atoms with van der Waals surface area (Å²) >= 11 is 0. The SMILES string of the molecule is N#Cc1cc(OCC(F)(F)F)c(O)cc1F. The van der Waals surface area contributed by atoms with Crippen molar-refractivity contribution >= 4 is 0 Å². The first kappa shape index (κ1) is 12.1. The minimum absolute atomic E-state index is 0.505. The van der Waals surface area contributed by atoms with E-state index in [1.807, 2.05) is 0 Å². The second-order valence-electron chi connectivity index (χ2n) is 2.82. The maximum atomic E-state index is 12.8. The van der Waals surface area contributed by atoms with Crippen LogP contribution in [0.15, 0.2) is 12.1 Å². The first-order valence-electron chi connectivity index (χ1n) is 3.95. The zero-order chi connectivity index (χ0) is 12.3. The van der Waals surface area contributed by atoms with Gasteiger partial charge in [0.15, 0.2) is 18.1 Å². The molecule has 0 aliphatic rings. The van der Waals surface area contributed by atoms with Gasteiger partial charge in [0.1, 0.15) is 11.9 Å². The van der Waals surface area contributed by atoms with Crippen LogP contribution < -0.4 is 4.74 Å². The number of benzene rings is 1. The molecular weight excluding hydrogens is 230 g/mol. The molecule has 0 atom stereocenters. The molecule has 7 heteroatoms. The highest BCUT2D eigenvalue weighted by atomic mass is 19.4. The van der Waals surface area contributed by atoms with Crippen molar-refractivity contribution in [2.75, 3.05) is 6.61 Å². The Bertz CT molecular complexity index is 436. The summed E-state index contributed by atoms with van der Waals surface area (Å²) in [4.78, 5) is 0. The fourth-order valence-corrected chi connectivity index (χ4v) is 0.904. The molecule has 0 fully saturated rings. The number of ether oxygens (including phenoxy) is 1. The molecule has 86 valence electrons. The van der Waals surface area contributed by atoms with E-state index in [4.69, 9.17) is 10.4 Å². The van der Waals surface area contributed by atoms with E-state index in [0.29, 0.717) is 12.1 Å². The predicted octanol–water partition coefficient (Wildman–Crippen LogP) is 2.34. The van der Waals surface area contributed by atoms with Gasteiger partial charge in [0.2, 0.25) is 0 Å². The summed E-state index contributed by atoms with van der Waals surface area (Å²) in [6, 6.07) is 2.64. The van der Waals surface area contributed by atoms with Crippen LogP contribution in [-0.2, 0) is 0 Å². The van der Waals surface area contributed by atoms with E-state index >= 15 is 0 Å². The highest BCUT2D eigenvalue weighted by Crippen LogP contribution is 2.30. The van der Waals surface area contributed by atoms with Gasteiger partial charge in [-0.3, -0.25) is 0 Å². The second kappa shape index (κ2) is 4.26. The number of halogens is 4. The van der Waals surface area contributed by atoms with Crippen LogP contribution in [0.2, 0.25) is 0 Å². The third-order valence-electron chi connectivity index (χ3n) is 1.56. The van der Waals surface area contributed by atoms with Crippen molar-refractivity contribution < 1.29 is 27.4 Å². The molecule has 0 spiro atoms. The third-order valence-corrected chi connectivity index (χ3v) is 1.56. The quantitative estimate of drug-likeness (QED) is 0.800. The number of phenolic OH excluding ortho intramolecular Hbond substituents is 1. The summed E-state index contributed by atoms with van der Waals surface area (Å²) in [6.07, 6.45) is -4.58. The average Bonchev–Trinajstić information content (AvgIpc) is 2.15. The molecule has 0 amide bonds. The first-order chi connectivity index (χ1) is 7.33. The molecule has 0 radical (unpaired) electrons. The Balaban J connectivity index is 2.93. The van der Waals surface area contributed by atoms with Crippen molar-refractivity contribution in [3.8, 4) is 17.6 Å². The van der Waals surface area contributed by atoms with E-state index in [9.17, 15) is 17.6 Å². The van der Waals surface area contributed by atoms with Crippen molar-refractivity contribution in [3.05, 3.63) is 23.5 Å². The van der Waals surface area contributed by atoms with Crippen LogP contribution in [0.5, 0.6) is 11.5 Å². The number of aromatic hydroxyl groups is 1. The Hall–Kier alpha value is -1.97. The Morgan fingerprint density at radius 3 is 2.50 bits per heavy atom. The number of hydrogen-bond acceptors (Lipinski definition) is 3. The maximum absolute atomic E-state index is 12.8. The van der Waals surface area contributed by atoms with Gasteiger partial charge < -0.3 is 9.84 Å². The van der Waals surface area contributed by atoms with Crippen LogP contribution in [-0.4, -0.2) is 17.9 Å². The van der Waals surface area contributed by atoms with Gasteiger partial charge in [0.25, 0.3) is 0 Å². The third kappa shape index (κ3) is 3.02. The molecule has 1 rings (SSSR count). The minimum Gasteiger partial charge on any atom is -0.504 e. The van der Waals surface area contributed by atoms with Gasteiger partial charge in [-0.2, -0.15) is 18.4 Å². The lowest BCUT2D eigenvalue weighted by atomic mass is 10.2. The van der Waals surface area contributed by atoms with Gasteiger partial charge in [-0.15, -0.1) is 0 Å². The van der Waals surface area contributed by atoms with Crippen LogP contribution in [0.4, 0.5) is 17.6 Å². The van der Waals surface area contributed by atoms with E-state index in [1.54, 1.807) is 0 Å². The van der Waals surface area contributed by atoms with Crippen molar-refractivity contribution in [2.45, 2.75) is 6.18 Å². The molecule has 1 aromatic rings. The Labute approximate surface area is 87.5 Å². The molecule has 0 bridgehead atoms. The van der Waals surface area contributed by atoms with Gasteiger partial charge in [-0.05, 0) is 0 Å². The maximum Gasteiger partial charge on any atom is 0.422 e. The van der Waals surface area contributed by atoms with E-state index < -0.39 is 35.7 Å². The van der Waals surface area contributed by atoms with Gasteiger partial charge in [-0.25, -0.2) is 4.39 Å². The topological polar surface area (TPSA) is 53.2 Å². The molecule has 0 heterocycles. The highest BCUT2D eigenvalue weighted by molar-refractivity contribution is 5.46. The van der Waals surface area contributed by atoms with E-state index in [-0.39, 0.29) is 0 Å². The van der Waals surface area contributed by atoms with Gasteiger partial charge in [0.05, 0.1) is 5.56 Å². The summed E-state index contributed by atoms with van der Waals surface area (Å²) in [7, 11) is 0. The molecule has 0 aliphatic carbocycles. The van der Waals surface area contributed by atoms with Crippen molar-refractivity contribution in [1.29, 1.82) is 5.26 Å². The van der Waals surface area contributed by atoms with Crippen molar-refractivity contribution in [3.63, 3.8) is 0 Å². The zero-order valence-corrected chi connectivity index (χ0v) is 7.68. The van der Waals surface area contributed by atoms with Gasteiger partial charge in [-0.1, -0.05) is 0 Å². The summed E-state index contributed by atoms with van der Waals surface area (Å²) in [5, 5.41) is 17.5. The van der Waals surface area contributed by atoms with Crippen molar-refractivity contribution in [2.24, 2.45) is 0 Å². The number of rotatable bonds is 2. The average molecular weight is 235 g/mol. The molecular formula is C9H5F4NO2. The number of nitrogens with zero attached hydrogens (tertiary/aromatic N) is 1. The fourth-order valence-electron chi connectivity index (χ4n) is 0.904. The molecule has 0 unspecified atom stereocenters. The smallest absolute Gasteiger partial charge is 0.422 e. The summed E-state index contributed by atoms with van der Waals surface area (Å²) < 4.78 is 52.4. The summed E-state index contributed by atoms with van der Waals surface area (Å²) in [6.45, 7) is -1.63. The van der Waals surface area contributed by atoms with E-state index in [2.05, 4.69) is 4.74 Å². The molecule has 0 aromatic heterocycles. The molecule has 0 saturated carbocycles. The molecule has 0 aliphatic heterocycles.